The topological polar surface area (TPSA) is 63.9 Å². The number of hydrogen-bond donors (Lipinski definition) is 1. The number of benzene rings is 8. The molecule has 0 amide bonds. The van der Waals surface area contributed by atoms with E-state index in [1.165, 1.54) is 38.9 Å². The number of rotatable bonds is 5. The van der Waals surface area contributed by atoms with Crippen molar-refractivity contribution >= 4 is 39.3 Å². The highest BCUT2D eigenvalue weighted by Gasteiger charge is 2.53. The predicted molar refractivity (Wildman–Crippen MR) is 235 cm³/mol. The third-order valence-corrected chi connectivity index (χ3v) is 11.7. The van der Waals surface area contributed by atoms with Crippen LogP contribution in [0.25, 0.3) is 61.0 Å². The Balaban J connectivity index is 1.11. The second-order valence-electron chi connectivity index (χ2n) is 14.7. The van der Waals surface area contributed by atoms with Crippen LogP contribution in [0, 0.1) is 0 Å². The lowest BCUT2D eigenvalue weighted by Crippen LogP contribution is -2.26. The Morgan fingerprint density at radius 1 is 0.491 bits per heavy atom. The number of amidine groups is 2. The van der Waals surface area contributed by atoms with E-state index in [1.807, 2.05) is 72.8 Å². The minimum atomic E-state index is -0.581. The Morgan fingerprint density at radius 3 is 1.91 bits per heavy atom. The van der Waals surface area contributed by atoms with Gasteiger partial charge in [-0.1, -0.05) is 183 Å². The van der Waals surface area contributed by atoms with Crippen molar-refractivity contribution in [1.82, 2.24) is 0 Å². The molecule has 1 spiro atoms. The normalized spacial score (nSPS) is 15.4. The van der Waals surface area contributed by atoms with Crippen molar-refractivity contribution in [3.63, 3.8) is 0 Å². The number of nitrogens with zero attached hydrogens (tertiary/aromatic N) is 2. The van der Waals surface area contributed by atoms with Gasteiger partial charge in [-0.15, -0.1) is 0 Å². The van der Waals surface area contributed by atoms with Crippen molar-refractivity contribution in [2.75, 3.05) is 0 Å². The highest BCUT2D eigenvalue weighted by atomic mass is 16.3. The summed E-state index contributed by atoms with van der Waals surface area (Å²) in [7, 11) is 0. The number of aliphatic imine (C=N–C) groups is 2. The second kappa shape index (κ2) is 12.8. The van der Waals surface area contributed by atoms with Crippen molar-refractivity contribution in [2.24, 2.45) is 15.7 Å². The fourth-order valence-corrected chi connectivity index (χ4v) is 9.29. The maximum Gasteiger partial charge on any atom is 0.162 e. The maximum atomic E-state index is 6.93. The zero-order valence-corrected chi connectivity index (χ0v) is 31.0. The molecule has 4 heteroatoms. The summed E-state index contributed by atoms with van der Waals surface area (Å²) in [6.07, 6.45) is 0. The molecule has 0 saturated carbocycles. The fraction of sp³-hybridized carbons (Fsp3) is 0.0189. The minimum Gasteiger partial charge on any atom is -0.455 e. The fourth-order valence-electron chi connectivity index (χ4n) is 9.29. The van der Waals surface area contributed by atoms with E-state index in [1.54, 1.807) is 0 Å². The van der Waals surface area contributed by atoms with Gasteiger partial charge in [-0.2, -0.15) is 0 Å². The average molecular weight is 730 g/mol. The van der Waals surface area contributed by atoms with Crippen LogP contribution in [0.1, 0.15) is 38.9 Å². The predicted octanol–water partition coefficient (Wildman–Crippen LogP) is 12.4. The molecule has 0 fully saturated rings. The first-order valence-corrected chi connectivity index (χ1v) is 19.2. The Morgan fingerprint density at radius 2 is 1.11 bits per heavy atom. The van der Waals surface area contributed by atoms with Crippen molar-refractivity contribution < 1.29 is 4.42 Å². The third-order valence-electron chi connectivity index (χ3n) is 11.7. The molecule has 1 unspecified atom stereocenters. The third kappa shape index (κ3) is 4.87. The molecular weight excluding hydrogens is 695 g/mol. The molecule has 1 aromatic heterocycles. The summed E-state index contributed by atoms with van der Waals surface area (Å²) in [4.78, 5) is 9.88. The highest BCUT2D eigenvalue weighted by Crippen LogP contribution is 2.65. The first-order valence-electron chi connectivity index (χ1n) is 19.2. The van der Waals surface area contributed by atoms with E-state index in [9.17, 15) is 0 Å². The number of furan rings is 1. The van der Waals surface area contributed by atoms with E-state index >= 15 is 0 Å². The first kappa shape index (κ1) is 32.8. The summed E-state index contributed by atoms with van der Waals surface area (Å²) < 4.78 is 6.76. The Labute approximate surface area is 330 Å². The van der Waals surface area contributed by atoms with Crippen LogP contribution in [-0.2, 0) is 5.41 Å². The van der Waals surface area contributed by atoms with Crippen LogP contribution in [0.4, 0.5) is 0 Å². The van der Waals surface area contributed by atoms with Crippen LogP contribution in [0.3, 0.4) is 0 Å². The maximum absolute atomic E-state index is 6.93. The number of nitrogens with two attached hydrogens (primary N) is 1. The van der Waals surface area contributed by atoms with E-state index in [0.717, 1.165) is 55.3 Å². The standard InChI is InChI=1S/C53H35N3O/c1-33(34-16-4-2-5-17-34)55-52(35-18-6-3-7-19-35)56-51(54)37-21-14-20-36(32-37)38-25-15-26-41-39-22-8-11-27-44(39)53(49(38)41)45-28-12-9-24-43(45)48-46(53)31-30-42-40-23-10-13-29-47(40)57-50(42)48/h2-32H,1H2,(H2,54,55,56). The van der Waals surface area contributed by atoms with Gasteiger partial charge < -0.3 is 10.2 Å². The molecule has 0 saturated heterocycles. The molecule has 2 N–H and O–H groups in total. The summed E-state index contributed by atoms with van der Waals surface area (Å²) in [6.45, 7) is 4.27. The minimum absolute atomic E-state index is 0.370. The molecule has 9 aromatic rings. The van der Waals surface area contributed by atoms with Crippen LogP contribution >= 0.6 is 0 Å². The number of hydrogen-bond acceptors (Lipinski definition) is 2. The van der Waals surface area contributed by atoms with Gasteiger partial charge in [-0.05, 0) is 67.8 Å². The van der Waals surface area contributed by atoms with Crippen molar-refractivity contribution in [2.45, 2.75) is 5.41 Å². The van der Waals surface area contributed by atoms with E-state index in [4.69, 9.17) is 20.1 Å². The molecule has 2 aliphatic carbocycles. The molecule has 0 aliphatic heterocycles. The van der Waals surface area contributed by atoms with Gasteiger partial charge in [-0.3, -0.25) is 0 Å². The summed E-state index contributed by atoms with van der Waals surface area (Å²) in [5, 5.41) is 2.26. The molecule has 11 rings (SSSR count). The van der Waals surface area contributed by atoms with Crippen LogP contribution < -0.4 is 5.73 Å². The van der Waals surface area contributed by atoms with Gasteiger partial charge in [0, 0.05) is 27.5 Å². The number of fused-ring (bicyclic) bond motifs is 14. The lowest BCUT2D eigenvalue weighted by Gasteiger charge is -2.32. The number of para-hydroxylation sites is 1. The Kier molecular flexibility index (Phi) is 7.35. The monoisotopic (exact) mass is 729 g/mol. The highest BCUT2D eigenvalue weighted by molar-refractivity contribution is 6.14. The zero-order valence-electron chi connectivity index (χ0n) is 31.0. The molecule has 268 valence electrons. The largest absolute Gasteiger partial charge is 0.455 e. The Hall–Kier alpha value is -7.56. The van der Waals surface area contributed by atoms with E-state index in [-0.39, 0.29) is 0 Å². The molecule has 4 nitrogen and oxygen atoms in total. The van der Waals surface area contributed by atoms with Crippen LogP contribution in [0.2, 0.25) is 0 Å². The molecule has 8 aromatic carbocycles. The van der Waals surface area contributed by atoms with E-state index in [2.05, 4.69) is 122 Å². The lowest BCUT2D eigenvalue weighted by molar-refractivity contribution is 0.669. The summed E-state index contributed by atoms with van der Waals surface area (Å²) in [5.74, 6) is 0.869. The van der Waals surface area contributed by atoms with Gasteiger partial charge in [0.05, 0.1) is 11.1 Å². The van der Waals surface area contributed by atoms with Crippen molar-refractivity contribution in [3.8, 4) is 33.4 Å². The Bertz CT molecular complexity index is 3150. The van der Waals surface area contributed by atoms with Gasteiger partial charge in [0.1, 0.15) is 17.0 Å². The van der Waals surface area contributed by atoms with Gasteiger partial charge in [-0.25, -0.2) is 9.98 Å². The quantitative estimate of drug-likeness (QED) is 0.142. The second-order valence-corrected chi connectivity index (χ2v) is 14.7. The van der Waals surface area contributed by atoms with Crippen molar-refractivity contribution in [1.29, 1.82) is 0 Å². The van der Waals surface area contributed by atoms with E-state index in [0.29, 0.717) is 17.4 Å². The van der Waals surface area contributed by atoms with Crippen LogP contribution in [0.5, 0.6) is 0 Å². The van der Waals surface area contributed by atoms with Gasteiger partial charge >= 0.3 is 0 Å². The zero-order chi connectivity index (χ0) is 38.1. The molecule has 1 atom stereocenters. The molecule has 0 bridgehead atoms. The van der Waals surface area contributed by atoms with Crippen LogP contribution in [-0.4, -0.2) is 11.7 Å². The molecule has 57 heavy (non-hydrogen) atoms. The van der Waals surface area contributed by atoms with E-state index < -0.39 is 5.41 Å². The van der Waals surface area contributed by atoms with Crippen molar-refractivity contribution in [3.05, 3.63) is 234 Å². The van der Waals surface area contributed by atoms with Gasteiger partial charge in [0.15, 0.2) is 5.84 Å². The molecule has 0 radical (unpaired) electrons. The molecular formula is C53H35N3O. The molecule has 2 aliphatic rings. The summed E-state index contributed by atoms with van der Waals surface area (Å²) in [6, 6.07) is 65.7. The van der Waals surface area contributed by atoms with Gasteiger partial charge in [0.2, 0.25) is 0 Å². The first-order chi connectivity index (χ1) is 28.1. The average Bonchev–Trinajstić information content (AvgIpc) is 3.91. The lowest BCUT2D eigenvalue weighted by atomic mass is 9.68. The van der Waals surface area contributed by atoms with Crippen LogP contribution in [0.15, 0.2) is 209 Å². The summed E-state index contributed by atoms with van der Waals surface area (Å²) in [5.41, 5.74) is 23.4. The smallest absolute Gasteiger partial charge is 0.162 e. The SMILES string of the molecule is C=C(/N=C(\N=C(/N)c1cccc(-c2cccc3c2C2(c4ccccc4-3)c3ccccc3-c3c2ccc2c3oc3ccccc32)c1)c1ccccc1)c1ccccc1. The molecule has 1 heterocycles. The summed E-state index contributed by atoms with van der Waals surface area (Å²) >= 11 is 0. The van der Waals surface area contributed by atoms with Gasteiger partial charge in [0.25, 0.3) is 0 Å².